The molecule has 2 heterocycles. The van der Waals surface area contributed by atoms with E-state index in [1.165, 1.54) is 22.5 Å². The average molecular weight is 472 g/mol. The van der Waals surface area contributed by atoms with Gasteiger partial charge in [0.25, 0.3) is 5.91 Å². The maximum atomic E-state index is 14.0. The Hall–Kier alpha value is -3.24. The number of carbonyl (C=O) groups is 1. The number of halogens is 1. The standard InChI is InChI=1S/C23H26FN5O3S/c24-22-6-2-1-5-18(22)16-27-20-13-19(23(30)26-8-12-28-11-7-25-17-28)14-21(15-20)33(31,32)29-9-3-4-10-29/h1-2,5-7,11,13-15,17,27H,3-4,8-10,12,16H2,(H,26,30). The first-order valence-electron chi connectivity index (χ1n) is 10.8. The molecule has 1 aromatic heterocycles. The van der Waals surface area contributed by atoms with Crippen LogP contribution < -0.4 is 10.6 Å². The Morgan fingerprint density at radius 2 is 1.91 bits per heavy atom. The number of nitrogens with zero attached hydrogens (tertiary/aromatic N) is 3. The fourth-order valence-corrected chi connectivity index (χ4v) is 5.31. The van der Waals surface area contributed by atoms with Crippen molar-refractivity contribution in [2.24, 2.45) is 0 Å². The summed E-state index contributed by atoms with van der Waals surface area (Å²) in [7, 11) is -3.74. The van der Waals surface area contributed by atoms with Gasteiger partial charge in [0.15, 0.2) is 0 Å². The Balaban J connectivity index is 1.56. The van der Waals surface area contributed by atoms with Gasteiger partial charge in [-0.2, -0.15) is 4.31 Å². The minimum atomic E-state index is -3.74. The van der Waals surface area contributed by atoms with Crippen LogP contribution in [0, 0.1) is 5.82 Å². The zero-order chi connectivity index (χ0) is 23.3. The summed E-state index contributed by atoms with van der Waals surface area (Å²) in [6, 6.07) is 10.8. The number of sulfonamides is 1. The van der Waals surface area contributed by atoms with Crippen LogP contribution in [0.15, 0.2) is 66.1 Å². The predicted molar refractivity (Wildman–Crippen MR) is 123 cm³/mol. The van der Waals surface area contributed by atoms with E-state index in [1.54, 1.807) is 43.0 Å². The van der Waals surface area contributed by atoms with Crippen molar-refractivity contribution in [2.75, 3.05) is 25.0 Å². The van der Waals surface area contributed by atoms with Crippen LogP contribution in [0.2, 0.25) is 0 Å². The molecule has 0 unspecified atom stereocenters. The first kappa shape index (κ1) is 22.9. The molecule has 1 fully saturated rings. The Bertz CT molecular complexity index is 1210. The monoisotopic (exact) mass is 471 g/mol. The number of rotatable bonds is 9. The molecule has 1 saturated heterocycles. The Kier molecular flexibility index (Phi) is 7.05. The summed E-state index contributed by atoms with van der Waals surface area (Å²) in [4.78, 5) is 16.8. The van der Waals surface area contributed by atoms with Crippen molar-refractivity contribution >= 4 is 21.6 Å². The van der Waals surface area contributed by atoms with Gasteiger partial charge in [0.1, 0.15) is 5.82 Å². The Morgan fingerprint density at radius 3 is 2.64 bits per heavy atom. The second-order valence-corrected chi connectivity index (χ2v) is 9.80. The number of aromatic nitrogens is 2. The van der Waals surface area contributed by atoms with Crippen LogP contribution in [0.25, 0.3) is 0 Å². The van der Waals surface area contributed by atoms with Crippen molar-refractivity contribution in [2.45, 2.75) is 30.8 Å². The lowest BCUT2D eigenvalue weighted by Gasteiger charge is -2.18. The quantitative estimate of drug-likeness (QED) is 0.500. The summed E-state index contributed by atoms with van der Waals surface area (Å²) in [5.41, 5.74) is 1.09. The highest BCUT2D eigenvalue weighted by atomic mass is 32.2. The van der Waals surface area contributed by atoms with Crippen molar-refractivity contribution in [1.82, 2.24) is 19.2 Å². The number of benzene rings is 2. The van der Waals surface area contributed by atoms with Gasteiger partial charge in [0.2, 0.25) is 10.0 Å². The smallest absolute Gasteiger partial charge is 0.251 e. The van der Waals surface area contributed by atoms with Crippen LogP contribution in [-0.4, -0.2) is 47.8 Å². The van der Waals surface area contributed by atoms with Gasteiger partial charge in [-0.3, -0.25) is 4.79 Å². The highest BCUT2D eigenvalue weighted by Crippen LogP contribution is 2.25. The lowest BCUT2D eigenvalue weighted by Crippen LogP contribution is -2.29. The maximum absolute atomic E-state index is 14.0. The van der Waals surface area contributed by atoms with Crippen LogP contribution in [0.1, 0.15) is 28.8 Å². The lowest BCUT2D eigenvalue weighted by atomic mass is 10.1. The number of amides is 1. The zero-order valence-corrected chi connectivity index (χ0v) is 18.9. The number of carbonyl (C=O) groups excluding carboxylic acids is 1. The third-order valence-corrected chi connectivity index (χ3v) is 7.40. The SMILES string of the molecule is O=C(NCCn1ccnc1)c1cc(NCc2ccccc2F)cc(S(=O)(=O)N2CCCC2)c1. The largest absolute Gasteiger partial charge is 0.381 e. The number of imidazole rings is 1. The highest BCUT2D eigenvalue weighted by molar-refractivity contribution is 7.89. The summed E-state index contributed by atoms with van der Waals surface area (Å²) in [5, 5.41) is 5.88. The van der Waals surface area contributed by atoms with Gasteiger partial charge in [-0.05, 0) is 37.1 Å². The van der Waals surface area contributed by atoms with E-state index in [9.17, 15) is 17.6 Å². The summed E-state index contributed by atoms with van der Waals surface area (Å²) in [6.07, 6.45) is 6.72. The number of hydrogen-bond acceptors (Lipinski definition) is 5. The molecular weight excluding hydrogens is 445 g/mol. The van der Waals surface area contributed by atoms with E-state index in [1.807, 2.05) is 4.57 Å². The van der Waals surface area contributed by atoms with Gasteiger partial charge in [0.05, 0.1) is 11.2 Å². The van der Waals surface area contributed by atoms with Crippen LogP contribution >= 0.6 is 0 Å². The minimum Gasteiger partial charge on any atom is -0.381 e. The normalized spacial score (nSPS) is 14.3. The minimum absolute atomic E-state index is 0.0442. The van der Waals surface area contributed by atoms with E-state index >= 15 is 0 Å². The fourth-order valence-electron chi connectivity index (χ4n) is 3.72. The van der Waals surface area contributed by atoms with Crippen molar-refractivity contribution < 1.29 is 17.6 Å². The number of hydrogen-bond donors (Lipinski definition) is 2. The molecule has 1 amide bonds. The second-order valence-electron chi connectivity index (χ2n) is 7.86. The summed E-state index contributed by atoms with van der Waals surface area (Å²) in [6.45, 7) is 1.97. The lowest BCUT2D eigenvalue weighted by molar-refractivity contribution is 0.0952. The molecule has 1 aliphatic heterocycles. The van der Waals surface area contributed by atoms with E-state index < -0.39 is 10.0 Å². The third-order valence-electron chi connectivity index (χ3n) is 5.53. The van der Waals surface area contributed by atoms with Crippen molar-refractivity contribution in [3.8, 4) is 0 Å². The van der Waals surface area contributed by atoms with Gasteiger partial charge in [-0.1, -0.05) is 18.2 Å². The molecule has 2 N–H and O–H groups in total. The first-order chi connectivity index (χ1) is 15.9. The second kappa shape index (κ2) is 10.1. The molecule has 0 radical (unpaired) electrons. The maximum Gasteiger partial charge on any atom is 0.251 e. The molecule has 1 aliphatic rings. The van der Waals surface area contributed by atoms with Crippen LogP contribution in [-0.2, 0) is 23.1 Å². The number of anilines is 1. The van der Waals surface area contributed by atoms with E-state index in [2.05, 4.69) is 15.6 Å². The molecule has 4 rings (SSSR count). The van der Waals surface area contributed by atoms with Gasteiger partial charge >= 0.3 is 0 Å². The van der Waals surface area contributed by atoms with Crippen molar-refractivity contribution in [3.63, 3.8) is 0 Å². The molecule has 174 valence electrons. The Morgan fingerprint density at radius 1 is 1.12 bits per heavy atom. The van der Waals surface area contributed by atoms with E-state index in [0.29, 0.717) is 37.4 Å². The summed E-state index contributed by atoms with van der Waals surface area (Å²) < 4.78 is 43.6. The van der Waals surface area contributed by atoms with Crippen LogP contribution in [0.3, 0.4) is 0 Å². The summed E-state index contributed by atoms with van der Waals surface area (Å²) >= 11 is 0. The zero-order valence-electron chi connectivity index (χ0n) is 18.1. The molecule has 10 heteroatoms. The van der Waals surface area contributed by atoms with Crippen LogP contribution in [0.4, 0.5) is 10.1 Å². The predicted octanol–water partition coefficient (Wildman–Crippen LogP) is 2.85. The van der Waals surface area contributed by atoms with Crippen LogP contribution in [0.5, 0.6) is 0 Å². The fraction of sp³-hybridized carbons (Fsp3) is 0.304. The van der Waals surface area contributed by atoms with E-state index in [4.69, 9.17) is 0 Å². The molecule has 2 aromatic carbocycles. The molecule has 0 atom stereocenters. The van der Waals surface area contributed by atoms with Gasteiger partial charge in [-0.25, -0.2) is 17.8 Å². The van der Waals surface area contributed by atoms with Crippen molar-refractivity contribution in [1.29, 1.82) is 0 Å². The van der Waals surface area contributed by atoms with Gasteiger partial charge < -0.3 is 15.2 Å². The highest BCUT2D eigenvalue weighted by Gasteiger charge is 2.28. The molecule has 3 aromatic rings. The van der Waals surface area contributed by atoms with Gasteiger partial charge in [-0.15, -0.1) is 0 Å². The van der Waals surface area contributed by atoms with E-state index in [0.717, 1.165) is 12.8 Å². The number of nitrogens with one attached hydrogen (secondary N) is 2. The molecule has 8 nitrogen and oxygen atoms in total. The topological polar surface area (TPSA) is 96.3 Å². The van der Waals surface area contributed by atoms with Gasteiger partial charge in [0, 0.05) is 61.9 Å². The Labute approximate surface area is 192 Å². The molecule has 0 aliphatic carbocycles. The molecular formula is C23H26FN5O3S. The molecule has 0 saturated carbocycles. The molecule has 0 spiro atoms. The third kappa shape index (κ3) is 5.58. The molecule has 33 heavy (non-hydrogen) atoms. The summed E-state index contributed by atoms with van der Waals surface area (Å²) in [5.74, 6) is -0.745. The molecule has 0 bridgehead atoms. The van der Waals surface area contributed by atoms with E-state index in [-0.39, 0.29) is 28.7 Å². The average Bonchev–Trinajstić information content (AvgIpc) is 3.53. The first-order valence-corrected chi connectivity index (χ1v) is 12.2. The van der Waals surface area contributed by atoms with Crippen molar-refractivity contribution in [3.05, 3.63) is 78.1 Å².